The van der Waals surface area contributed by atoms with Gasteiger partial charge in [0.2, 0.25) is 0 Å². The Morgan fingerprint density at radius 1 is 0.900 bits per heavy atom. The molecule has 0 radical (unpaired) electrons. The minimum absolute atomic E-state index is 0.772. The van der Waals surface area contributed by atoms with E-state index in [-0.39, 0.29) is 0 Å². The monoisotopic (exact) mass is 265 g/mol. The van der Waals surface area contributed by atoms with Crippen molar-refractivity contribution < 1.29 is 0 Å². The molecule has 0 heterocycles. The lowest BCUT2D eigenvalue weighted by Crippen LogP contribution is -2.15. The normalized spacial score (nSPS) is 14.6. The Morgan fingerprint density at radius 2 is 1.70 bits per heavy atom. The van der Waals surface area contributed by atoms with Crippen LogP contribution in [-0.2, 0) is 6.54 Å². The average Bonchev–Trinajstić information content (AvgIpc) is 3.24. The van der Waals surface area contributed by atoms with Gasteiger partial charge in [-0.25, -0.2) is 0 Å². The van der Waals surface area contributed by atoms with Crippen molar-refractivity contribution in [2.24, 2.45) is 0 Å². The summed E-state index contributed by atoms with van der Waals surface area (Å²) in [5.74, 6) is 0. The van der Waals surface area contributed by atoms with E-state index in [4.69, 9.17) is 0 Å². The Balaban J connectivity index is 1.87. The molecular formula is C19H23N. The van der Waals surface area contributed by atoms with Crippen LogP contribution in [0.25, 0.3) is 11.1 Å². The van der Waals surface area contributed by atoms with Gasteiger partial charge in [-0.15, -0.1) is 0 Å². The topological polar surface area (TPSA) is 12.0 Å². The van der Waals surface area contributed by atoms with Gasteiger partial charge in [-0.05, 0) is 61.4 Å². The molecule has 2 aromatic rings. The number of rotatable bonds is 4. The Hall–Kier alpha value is -1.60. The van der Waals surface area contributed by atoms with Gasteiger partial charge < -0.3 is 5.32 Å². The van der Waals surface area contributed by atoms with Crippen molar-refractivity contribution in [1.82, 2.24) is 5.32 Å². The van der Waals surface area contributed by atoms with E-state index < -0.39 is 0 Å². The van der Waals surface area contributed by atoms with Crippen LogP contribution in [0, 0.1) is 20.8 Å². The highest BCUT2D eigenvalue weighted by Gasteiger charge is 2.19. The maximum atomic E-state index is 3.58. The first-order valence-electron chi connectivity index (χ1n) is 7.54. The predicted molar refractivity (Wildman–Crippen MR) is 86.0 cm³/mol. The summed E-state index contributed by atoms with van der Waals surface area (Å²) in [6.45, 7) is 7.57. The fraction of sp³-hybridized carbons (Fsp3) is 0.368. The van der Waals surface area contributed by atoms with Crippen molar-refractivity contribution in [1.29, 1.82) is 0 Å². The van der Waals surface area contributed by atoms with Gasteiger partial charge in [0.25, 0.3) is 0 Å². The first-order chi connectivity index (χ1) is 9.63. The van der Waals surface area contributed by atoms with Crippen LogP contribution in [0.15, 0.2) is 36.4 Å². The summed E-state index contributed by atoms with van der Waals surface area (Å²) in [5.41, 5.74) is 8.16. The molecule has 1 fully saturated rings. The number of aryl methyl sites for hydroxylation is 3. The average molecular weight is 265 g/mol. The Labute approximate surface area is 122 Å². The molecule has 1 aliphatic rings. The van der Waals surface area contributed by atoms with Crippen LogP contribution in [-0.4, -0.2) is 6.04 Å². The summed E-state index contributed by atoms with van der Waals surface area (Å²) in [5, 5.41) is 3.58. The third-order valence-corrected chi connectivity index (χ3v) is 4.15. The highest BCUT2D eigenvalue weighted by Crippen LogP contribution is 2.28. The maximum absolute atomic E-state index is 3.58. The van der Waals surface area contributed by atoms with Gasteiger partial charge in [0.05, 0.1) is 0 Å². The van der Waals surface area contributed by atoms with Crippen LogP contribution in [0.3, 0.4) is 0 Å². The third kappa shape index (κ3) is 2.94. The van der Waals surface area contributed by atoms with Crippen molar-refractivity contribution >= 4 is 0 Å². The molecule has 20 heavy (non-hydrogen) atoms. The van der Waals surface area contributed by atoms with E-state index in [0.29, 0.717) is 0 Å². The highest BCUT2D eigenvalue weighted by atomic mass is 14.9. The standard InChI is InChI=1S/C19H23N/c1-13-4-5-14(2)19(10-13)18-9-6-16(11-15(18)3)12-20-17-7-8-17/h4-6,9-11,17,20H,7-8,12H2,1-3H3. The third-order valence-electron chi connectivity index (χ3n) is 4.15. The minimum Gasteiger partial charge on any atom is -0.310 e. The molecule has 1 saturated carbocycles. The van der Waals surface area contributed by atoms with Gasteiger partial charge in [0.15, 0.2) is 0 Å². The van der Waals surface area contributed by atoms with E-state index in [2.05, 4.69) is 62.5 Å². The Bertz CT molecular complexity index is 624. The molecule has 1 heteroatoms. The Morgan fingerprint density at radius 3 is 2.40 bits per heavy atom. The molecule has 0 bridgehead atoms. The van der Waals surface area contributed by atoms with Crippen molar-refractivity contribution in [3.8, 4) is 11.1 Å². The van der Waals surface area contributed by atoms with E-state index in [0.717, 1.165) is 12.6 Å². The van der Waals surface area contributed by atoms with E-state index in [9.17, 15) is 0 Å². The van der Waals surface area contributed by atoms with Gasteiger partial charge >= 0.3 is 0 Å². The van der Waals surface area contributed by atoms with Gasteiger partial charge in [0.1, 0.15) is 0 Å². The minimum atomic E-state index is 0.772. The smallest absolute Gasteiger partial charge is 0.0208 e. The fourth-order valence-electron chi connectivity index (χ4n) is 2.71. The van der Waals surface area contributed by atoms with Crippen molar-refractivity contribution in [2.75, 3.05) is 0 Å². The quantitative estimate of drug-likeness (QED) is 0.856. The molecule has 0 saturated heterocycles. The van der Waals surface area contributed by atoms with Crippen LogP contribution < -0.4 is 5.32 Å². The van der Waals surface area contributed by atoms with E-state index in [1.165, 1.54) is 46.2 Å². The molecule has 1 N–H and O–H groups in total. The molecule has 0 unspecified atom stereocenters. The zero-order valence-electron chi connectivity index (χ0n) is 12.7. The van der Waals surface area contributed by atoms with Crippen LogP contribution in [0.4, 0.5) is 0 Å². The fourth-order valence-corrected chi connectivity index (χ4v) is 2.71. The molecule has 0 aromatic heterocycles. The van der Waals surface area contributed by atoms with Crippen LogP contribution in [0.5, 0.6) is 0 Å². The summed E-state index contributed by atoms with van der Waals surface area (Å²) in [6.07, 6.45) is 2.69. The molecule has 0 atom stereocenters. The lowest BCUT2D eigenvalue weighted by molar-refractivity contribution is 0.687. The largest absolute Gasteiger partial charge is 0.310 e. The van der Waals surface area contributed by atoms with Gasteiger partial charge in [-0.2, -0.15) is 0 Å². The molecule has 0 aliphatic heterocycles. The summed E-state index contributed by atoms with van der Waals surface area (Å²) in [6, 6.07) is 14.3. The highest BCUT2D eigenvalue weighted by molar-refractivity contribution is 5.71. The SMILES string of the molecule is Cc1ccc(C)c(-c2ccc(CNC3CC3)cc2C)c1. The van der Waals surface area contributed by atoms with E-state index >= 15 is 0 Å². The molecule has 3 rings (SSSR count). The zero-order valence-corrected chi connectivity index (χ0v) is 12.7. The summed E-state index contributed by atoms with van der Waals surface area (Å²) in [4.78, 5) is 0. The van der Waals surface area contributed by atoms with Gasteiger partial charge in [-0.3, -0.25) is 0 Å². The number of hydrogen-bond acceptors (Lipinski definition) is 1. The lowest BCUT2D eigenvalue weighted by atomic mass is 9.94. The lowest BCUT2D eigenvalue weighted by Gasteiger charge is -2.12. The first-order valence-corrected chi connectivity index (χ1v) is 7.54. The zero-order chi connectivity index (χ0) is 14.1. The second-order valence-corrected chi connectivity index (χ2v) is 6.12. The van der Waals surface area contributed by atoms with Crippen molar-refractivity contribution in [2.45, 2.75) is 46.2 Å². The van der Waals surface area contributed by atoms with Crippen LogP contribution in [0.2, 0.25) is 0 Å². The number of nitrogens with one attached hydrogen (secondary N) is 1. The molecule has 0 amide bonds. The maximum Gasteiger partial charge on any atom is 0.0208 e. The number of hydrogen-bond donors (Lipinski definition) is 1. The molecule has 1 nitrogen and oxygen atoms in total. The van der Waals surface area contributed by atoms with E-state index in [1.54, 1.807) is 0 Å². The first kappa shape index (κ1) is 13.4. The summed E-state index contributed by atoms with van der Waals surface area (Å²) < 4.78 is 0. The predicted octanol–water partition coefficient (Wildman–Crippen LogP) is 4.53. The summed E-state index contributed by atoms with van der Waals surface area (Å²) >= 11 is 0. The number of benzene rings is 2. The Kier molecular flexibility index (Phi) is 3.62. The molecule has 104 valence electrons. The molecule has 2 aromatic carbocycles. The second kappa shape index (κ2) is 5.41. The van der Waals surface area contributed by atoms with Crippen LogP contribution >= 0.6 is 0 Å². The second-order valence-electron chi connectivity index (χ2n) is 6.12. The molecule has 0 spiro atoms. The van der Waals surface area contributed by atoms with Gasteiger partial charge in [-0.1, -0.05) is 42.0 Å². The molecular weight excluding hydrogens is 242 g/mol. The van der Waals surface area contributed by atoms with Crippen LogP contribution in [0.1, 0.15) is 35.1 Å². The summed E-state index contributed by atoms with van der Waals surface area (Å²) in [7, 11) is 0. The van der Waals surface area contributed by atoms with Gasteiger partial charge in [0, 0.05) is 12.6 Å². The van der Waals surface area contributed by atoms with Crippen molar-refractivity contribution in [3.05, 3.63) is 58.7 Å². The van der Waals surface area contributed by atoms with Crippen molar-refractivity contribution in [3.63, 3.8) is 0 Å². The molecule has 1 aliphatic carbocycles. The van der Waals surface area contributed by atoms with E-state index in [1.807, 2.05) is 0 Å².